The summed E-state index contributed by atoms with van der Waals surface area (Å²) < 4.78 is 2.09. The van der Waals surface area contributed by atoms with E-state index >= 15 is 0 Å². The van der Waals surface area contributed by atoms with Crippen molar-refractivity contribution in [2.75, 3.05) is 0 Å². The quantitative estimate of drug-likeness (QED) is 0.844. The molecule has 0 aliphatic heterocycles. The molecule has 2 N–H and O–H groups in total. The van der Waals surface area contributed by atoms with Crippen molar-refractivity contribution in [1.29, 1.82) is 0 Å². The molecule has 2 rings (SSSR count). The van der Waals surface area contributed by atoms with Gasteiger partial charge < -0.3 is 10.4 Å². The number of benzene rings is 2. The van der Waals surface area contributed by atoms with Crippen LogP contribution in [0.3, 0.4) is 0 Å². The van der Waals surface area contributed by atoms with Gasteiger partial charge in [-0.25, -0.2) is 0 Å². The minimum absolute atomic E-state index is 0.335. The summed E-state index contributed by atoms with van der Waals surface area (Å²) in [6.45, 7) is 1.42. The van der Waals surface area contributed by atoms with Crippen molar-refractivity contribution >= 4 is 31.9 Å². The number of para-hydroxylation sites is 1. The highest BCUT2D eigenvalue weighted by Gasteiger charge is 2.01. The van der Waals surface area contributed by atoms with E-state index in [1.54, 1.807) is 6.07 Å². The molecule has 0 spiro atoms. The van der Waals surface area contributed by atoms with Gasteiger partial charge in [0.05, 0.1) is 0 Å². The standard InChI is InChI=1S/C14H13Br2NO/c15-12-6-5-10(7-13(12)16)8-17-9-11-3-1-2-4-14(11)18/h1-7,17-18H,8-9H2. The van der Waals surface area contributed by atoms with Crippen LogP contribution in [0.4, 0.5) is 0 Å². The molecular formula is C14H13Br2NO. The monoisotopic (exact) mass is 369 g/mol. The Kier molecular flexibility index (Phi) is 4.80. The fourth-order valence-corrected chi connectivity index (χ4v) is 2.32. The number of phenols is 1. The van der Waals surface area contributed by atoms with Crippen molar-refractivity contribution in [2.45, 2.75) is 13.1 Å². The molecule has 0 aliphatic carbocycles. The van der Waals surface area contributed by atoms with Crippen molar-refractivity contribution in [3.8, 4) is 5.75 Å². The zero-order valence-electron chi connectivity index (χ0n) is 9.66. The van der Waals surface area contributed by atoms with Crippen LogP contribution in [0.1, 0.15) is 11.1 Å². The zero-order valence-corrected chi connectivity index (χ0v) is 12.8. The first-order valence-corrected chi connectivity index (χ1v) is 7.17. The highest BCUT2D eigenvalue weighted by atomic mass is 79.9. The first-order valence-electron chi connectivity index (χ1n) is 5.58. The molecule has 0 aromatic heterocycles. The number of rotatable bonds is 4. The molecule has 2 aromatic carbocycles. The highest BCUT2D eigenvalue weighted by Crippen LogP contribution is 2.23. The topological polar surface area (TPSA) is 32.3 Å². The molecule has 0 fully saturated rings. The summed E-state index contributed by atoms with van der Waals surface area (Å²) in [6.07, 6.45) is 0. The molecule has 0 heterocycles. The number of phenolic OH excluding ortho intramolecular Hbond substituents is 1. The summed E-state index contributed by atoms with van der Waals surface area (Å²) in [7, 11) is 0. The number of hydrogen-bond acceptors (Lipinski definition) is 2. The minimum atomic E-state index is 0.335. The molecule has 94 valence electrons. The molecule has 2 aromatic rings. The maximum Gasteiger partial charge on any atom is 0.120 e. The number of hydrogen-bond donors (Lipinski definition) is 2. The van der Waals surface area contributed by atoms with Crippen molar-refractivity contribution in [3.63, 3.8) is 0 Å². The van der Waals surface area contributed by atoms with Crippen LogP contribution in [-0.4, -0.2) is 5.11 Å². The van der Waals surface area contributed by atoms with Crippen molar-refractivity contribution < 1.29 is 5.11 Å². The second-order valence-corrected chi connectivity index (χ2v) is 5.69. The Morgan fingerprint density at radius 3 is 2.44 bits per heavy atom. The predicted octanol–water partition coefficient (Wildman–Crippen LogP) is 4.21. The second-order valence-electron chi connectivity index (χ2n) is 3.98. The number of halogens is 2. The van der Waals surface area contributed by atoms with E-state index in [0.29, 0.717) is 12.3 Å². The first-order chi connectivity index (χ1) is 8.66. The lowest BCUT2D eigenvalue weighted by atomic mass is 10.2. The third-order valence-corrected chi connectivity index (χ3v) is 4.50. The van der Waals surface area contributed by atoms with Crippen LogP contribution < -0.4 is 5.32 Å². The van der Waals surface area contributed by atoms with Crippen LogP contribution in [0.25, 0.3) is 0 Å². The summed E-state index contributed by atoms with van der Waals surface area (Å²) in [5, 5.41) is 12.9. The predicted molar refractivity (Wildman–Crippen MR) is 80.5 cm³/mol. The Morgan fingerprint density at radius 2 is 1.72 bits per heavy atom. The number of aromatic hydroxyl groups is 1. The molecule has 0 atom stereocenters. The average Bonchev–Trinajstić information content (AvgIpc) is 2.36. The maximum atomic E-state index is 9.63. The summed E-state index contributed by atoms with van der Waals surface area (Å²) in [5.41, 5.74) is 2.11. The van der Waals surface area contributed by atoms with Gasteiger partial charge in [-0.3, -0.25) is 0 Å². The number of nitrogens with one attached hydrogen (secondary N) is 1. The molecular weight excluding hydrogens is 358 g/mol. The van der Waals surface area contributed by atoms with Crippen LogP contribution in [0, 0.1) is 0 Å². The van der Waals surface area contributed by atoms with E-state index in [1.165, 1.54) is 5.56 Å². The summed E-state index contributed by atoms with van der Waals surface area (Å²) in [5.74, 6) is 0.335. The van der Waals surface area contributed by atoms with Crippen LogP contribution >= 0.6 is 31.9 Å². The summed E-state index contributed by atoms with van der Waals surface area (Å²) in [4.78, 5) is 0. The third kappa shape index (κ3) is 3.57. The van der Waals surface area contributed by atoms with Crippen LogP contribution in [0.2, 0.25) is 0 Å². The average molecular weight is 371 g/mol. The Balaban J connectivity index is 1.92. The van der Waals surface area contributed by atoms with E-state index < -0.39 is 0 Å². The van der Waals surface area contributed by atoms with Gasteiger partial charge in [0, 0.05) is 27.6 Å². The molecule has 4 heteroatoms. The molecule has 0 saturated heterocycles. The van der Waals surface area contributed by atoms with Crippen molar-refractivity contribution in [1.82, 2.24) is 5.32 Å². The lowest BCUT2D eigenvalue weighted by Crippen LogP contribution is -2.12. The third-order valence-electron chi connectivity index (χ3n) is 2.62. The molecule has 18 heavy (non-hydrogen) atoms. The first kappa shape index (κ1) is 13.6. The molecule has 0 saturated carbocycles. The molecule has 0 radical (unpaired) electrons. The zero-order chi connectivity index (χ0) is 13.0. The van der Waals surface area contributed by atoms with Gasteiger partial charge in [-0.2, -0.15) is 0 Å². The largest absolute Gasteiger partial charge is 0.508 e. The van der Waals surface area contributed by atoms with Crippen LogP contribution in [0.15, 0.2) is 51.4 Å². The van der Waals surface area contributed by atoms with Gasteiger partial charge in [0.25, 0.3) is 0 Å². The van der Waals surface area contributed by atoms with Gasteiger partial charge in [0.15, 0.2) is 0 Å². The fourth-order valence-electron chi connectivity index (χ4n) is 1.65. The van der Waals surface area contributed by atoms with E-state index in [0.717, 1.165) is 21.1 Å². The Morgan fingerprint density at radius 1 is 0.944 bits per heavy atom. The van der Waals surface area contributed by atoms with E-state index in [4.69, 9.17) is 0 Å². The second kappa shape index (κ2) is 6.36. The molecule has 0 amide bonds. The smallest absolute Gasteiger partial charge is 0.120 e. The minimum Gasteiger partial charge on any atom is -0.508 e. The van der Waals surface area contributed by atoms with Crippen LogP contribution in [0.5, 0.6) is 5.75 Å². The van der Waals surface area contributed by atoms with Crippen LogP contribution in [-0.2, 0) is 13.1 Å². The molecule has 2 nitrogen and oxygen atoms in total. The Hall–Kier alpha value is -0.840. The molecule has 0 aliphatic rings. The normalized spacial score (nSPS) is 10.6. The SMILES string of the molecule is Oc1ccccc1CNCc1ccc(Br)c(Br)c1. The van der Waals surface area contributed by atoms with Gasteiger partial charge >= 0.3 is 0 Å². The molecule has 0 unspecified atom stereocenters. The van der Waals surface area contributed by atoms with Crippen molar-refractivity contribution in [3.05, 3.63) is 62.5 Å². The maximum absolute atomic E-state index is 9.63. The van der Waals surface area contributed by atoms with Crippen molar-refractivity contribution in [2.24, 2.45) is 0 Å². The Labute approximate surface area is 123 Å². The molecule has 0 bridgehead atoms. The van der Waals surface area contributed by atoms with E-state index in [-0.39, 0.29) is 0 Å². The van der Waals surface area contributed by atoms with E-state index in [1.807, 2.05) is 24.3 Å². The lowest BCUT2D eigenvalue weighted by Gasteiger charge is -2.07. The lowest BCUT2D eigenvalue weighted by molar-refractivity contribution is 0.464. The highest BCUT2D eigenvalue weighted by molar-refractivity contribution is 9.13. The van der Waals surface area contributed by atoms with Gasteiger partial charge in [0.2, 0.25) is 0 Å². The van der Waals surface area contributed by atoms with Gasteiger partial charge in [-0.15, -0.1) is 0 Å². The summed E-state index contributed by atoms with van der Waals surface area (Å²) >= 11 is 6.92. The van der Waals surface area contributed by atoms with E-state index in [2.05, 4.69) is 49.3 Å². The Bertz CT molecular complexity index is 543. The van der Waals surface area contributed by atoms with E-state index in [9.17, 15) is 5.11 Å². The summed E-state index contributed by atoms with van der Waals surface area (Å²) in [6, 6.07) is 13.5. The van der Waals surface area contributed by atoms with Gasteiger partial charge in [-0.1, -0.05) is 24.3 Å². The van der Waals surface area contributed by atoms with Gasteiger partial charge in [0.1, 0.15) is 5.75 Å². The fraction of sp³-hybridized carbons (Fsp3) is 0.143. The van der Waals surface area contributed by atoms with Gasteiger partial charge in [-0.05, 0) is 55.6 Å².